The van der Waals surface area contributed by atoms with Crippen LogP contribution in [-0.2, 0) is 4.79 Å². The minimum Gasteiger partial charge on any atom is -0.396 e. The lowest BCUT2D eigenvalue weighted by atomic mass is 9.87. The number of hydrogen-bond donors (Lipinski definition) is 2. The molecular weight excluding hydrogens is 442 g/mol. The van der Waals surface area contributed by atoms with Crippen molar-refractivity contribution >= 4 is 28.4 Å². The van der Waals surface area contributed by atoms with Crippen molar-refractivity contribution in [1.29, 1.82) is 5.26 Å². The molecule has 5 rings (SSSR count). The summed E-state index contributed by atoms with van der Waals surface area (Å²) in [6, 6.07) is 12.6. The van der Waals surface area contributed by atoms with Gasteiger partial charge in [-0.1, -0.05) is 6.07 Å². The van der Waals surface area contributed by atoms with Gasteiger partial charge in [-0.15, -0.1) is 0 Å². The van der Waals surface area contributed by atoms with Crippen molar-refractivity contribution in [3.8, 4) is 11.9 Å². The van der Waals surface area contributed by atoms with Crippen molar-refractivity contribution in [2.45, 2.75) is 38.1 Å². The SMILES string of the molecule is N#CCC(=O)N1CCN(c2cccc3c2ccn3-c2ccnc(NC3CCC(CO)CC3)n2)CC1. The molecule has 0 bridgehead atoms. The number of carbonyl (C=O) groups is 1. The molecule has 9 heteroatoms. The van der Waals surface area contributed by atoms with Crippen molar-refractivity contribution in [2.75, 3.05) is 43.0 Å². The van der Waals surface area contributed by atoms with Gasteiger partial charge in [0.05, 0.1) is 11.6 Å². The Kier molecular flexibility index (Phi) is 6.82. The Labute approximate surface area is 205 Å². The highest BCUT2D eigenvalue weighted by Gasteiger charge is 2.23. The molecule has 9 nitrogen and oxygen atoms in total. The van der Waals surface area contributed by atoms with Crippen LogP contribution in [0.5, 0.6) is 0 Å². The van der Waals surface area contributed by atoms with Gasteiger partial charge in [-0.2, -0.15) is 10.2 Å². The third-order valence-corrected chi connectivity index (χ3v) is 7.24. The van der Waals surface area contributed by atoms with Gasteiger partial charge in [0.2, 0.25) is 11.9 Å². The number of fused-ring (bicyclic) bond motifs is 1. The van der Waals surface area contributed by atoms with E-state index >= 15 is 0 Å². The Bertz CT molecular complexity index is 1220. The van der Waals surface area contributed by atoms with Crippen LogP contribution in [0, 0.1) is 17.2 Å². The van der Waals surface area contributed by atoms with Gasteiger partial charge in [-0.3, -0.25) is 4.79 Å². The lowest BCUT2D eigenvalue weighted by Crippen LogP contribution is -2.48. The number of rotatable bonds is 6. The van der Waals surface area contributed by atoms with Crippen LogP contribution in [0.4, 0.5) is 11.6 Å². The smallest absolute Gasteiger partial charge is 0.236 e. The molecule has 0 unspecified atom stereocenters. The maximum absolute atomic E-state index is 12.0. The molecular formula is C26H31N7O2. The first-order valence-electron chi connectivity index (χ1n) is 12.4. The van der Waals surface area contributed by atoms with E-state index in [9.17, 15) is 9.90 Å². The summed E-state index contributed by atoms with van der Waals surface area (Å²) in [4.78, 5) is 25.4. The van der Waals surface area contributed by atoms with Gasteiger partial charge < -0.3 is 24.8 Å². The lowest BCUT2D eigenvalue weighted by molar-refractivity contribution is -0.130. The number of carbonyl (C=O) groups excluding carboxylic acids is 1. The minimum absolute atomic E-state index is 0.0574. The average Bonchev–Trinajstić information content (AvgIpc) is 3.34. The minimum atomic E-state index is -0.0915. The van der Waals surface area contributed by atoms with Crippen molar-refractivity contribution < 1.29 is 9.90 Å². The van der Waals surface area contributed by atoms with Gasteiger partial charge in [-0.25, -0.2) is 4.98 Å². The van der Waals surface area contributed by atoms with E-state index in [1.165, 1.54) is 0 Å². The van der Waals surface area contributed by atoms with Crippen LogP contribution in [-0.4, -0.2) is 69.3 Å². The average molecular weight is 474 g/mol. The van der Waals surface area contributed by atoms with Crippen LogP contribution in [0.1, 0.15) is 32.1 Å². The molecule has 3 aromatic rings. The molecule has 0 atom stereocenters. The van der Waals surface area contributed by atoms with Crippen LogP contribution in [0.25, 0.3) is 16.7 Å². The molecule has 1 saturated heterocycles. The molecule has 2 fully saturated rings. The van der Waals surface area contributed by atoms with Crippen LogP contribution < -0.4 is 10.2 Å². The summed E-state index contributed by atoms with van der Waals surface area (Å²) in [6.45, 7) is 3.00. The highest BCUT2D eigenvalue weighted by atomic mass is 16.3. The van der Waals surface area contributed by atoms with Gasteiger partial charge in [0.15, 0.2) is 0 Å². The van der Waals surface area contributed by atoms with E-state index in [2.05, 4.69) is 44.0 Å². The Morgan fingerprint density at radius 1 is 1.11 bits per heavy atom. The second-order valence-electron chi connectivity index (χ2n) is 9.38. The molecule has 3 heterocycles. The maximum Gasteiger partial charge on any atom is 0.236 e. The Morgan fingerprint density at radius 2 is 1.91 bits per heavy atom. The van der Waals surface area contributed by atoms with Crippen LogP contribution >= 0.6 is 0 Å². The number of anilines is 2. The molecule has 2 aliphatic rings. The van der Waals surface area contributed by atoms with Crippen LogP contribution in [0.2, 0.25) is 0 Å². The number of hydrogen-bond acceptors (Lipinski definition) is 7. The highest BCUT2D eigenvalue weighted by Crippen LogP contribution is 2.30. The van der Waals surface area contributed by atoms with E-state index in [0.717, 1.165) is 61.2 Å². The van der Waals surface area contributed by atoms with Gasteiger partial charge in [0, 0.05) is 62.3 Å². The molecule has 1 saturated carbocycles. The first-order valence-corrected chi connectivity index (χ1v) is 12.4. The fourth-order valence-corrected chi connectivity index (χ4v) is 5.23. The van der Waals surface area contributed by atoms with Gasteiger partial charge in [-0.05, 0) is 55.9 Å². The van der Waals surface area contributed by atoms with Gasteiger partial charge >= 0.3 is 0 Å². The molecule has 0 spiro atoms. The van der Waals surface area contributed by atoms with E-state index < -0.39 is 0 Å². The zero-order valence-electron chi connectivity index (χ0n) is 19.8. The summed E-state index contributed by atoms with van der Waals surface area (Å²) >= 11 is 0. The Balaban J connectivity index is 1.32. The number of nitrogens with zero attached hydrogens (tertiary/aromatic N) is 6. The summed E-state index contributed by atoms with van der Waals surface area (Å²) in [7, 11) is 0. The molecule has 2 N–H and O–H groups in total. The molecule has 1 aliphatic carbocycles. The van der Waals surface area contributed by atoms with Crippen molar-refractivity contribution in [3.05, 3.63) is 42.7 Å². The zero-order valence-corrected chi connectivity index (χ0v) is 19.8. The van der Waals surface area contributed by atoms with E-state index in [1.54, 1.807) is 11.1 Å². The monoisotopic (exact) mass is 473 g/mol. The second-order valence-corrected chi connectivity index (χ2v) is 9.38. The molecule has 1 amide bonds. The summed E-state index contributed by atoms with van der Waals surface area (Å²) in [5.74, 6) is 1.77. The lowest BCUT2D eigenvalue weighted by Gasteiger charge is -2.36. The number of aromatic nitrogens is 3. The quantitative estimate of drug-likeness (QED) is 0.566. The largest absolute Gasteiger partial charge is 0.396 e. The second kappa shape index (κ2) is 10.3. The summed E-state index contributed by atoms with van der Waals surface area (Å²) in [6.07, 6.45) is 7.86. The first kappa shape index (κ1) is 23.1. The zero-order chi connectivity index (χ0) is 24.2. The highest BCUT2D eigenvalue weighted by molar-refractivity contribution is 5.94. The first-order chi connectivity index (χ1) is 17.2. The Hall–Kier alpha value is -3.64. The maximum atomic E-state index is 12.0. The fourth-order valence-electron chi connectivity index (χ4n) is 5.23. The number of aliphatic hydroxyl groups is 1. The predicted molar refractivity (Wildman–Crippen MR) is 134 cm³/mol. The number of amides is 1. The van der Waals surface area contributed by atoms with Crippen molar-refractivity contribution in [2.24, 2.45) is 5.92 Å². The summed E-state index contributed by atoms with van der Waals surface area (Å²) in [5, 5.41) is 22.8. The molecule has 0 radical (unpaired) electrons. The number of benzene rings is 1. The number of piperazine rings is 1. The van der Waals surface area contributed by atoms with Crippen molar-refractivity contribution in [3.63, 3.8) is 0 Å². The fraction of sp³-hybridized carbons (Fsp3) is 0.462. The standard InChI is InChI=1S/C26H31N7O2/c27-11-8-25(35)32-16-14-31(15-17-32)22-2-1-3-23-21(22)10-13-33(23)24-9-12-28-26(30-24)29-20-6-4-19(18-34)5-7-20/h1-3,9-10,12-13,19-20,34H,4-8,14-18H2,(H,28,29,30). The molecule has 1 aliphatic heterocycles. The molecule has 182 valence electrons. The van der Waals surface area contributed by atoms with Crippen LogP contribution in [0.3, 0.4) is 0 Å². The number of aliphatic hydroxyl groups excluding tert-OH is 1. The third-order valence-electron chi connectivity index (χ3n) is 7.24. The van der Waals surface area contributed by atoms with Crippen LogP contribution in [0.15, 0.2) is 42.7 Å². The predicted octanol–water partition coefficient (Wildman–Crippen LogP) is 2.95. The Morgan fingerprint density at radius 3 is 2.66 bits per heavy atom. The van der Waals surface area contributed by atoms with E-state index in [4.69, 9.17) is 10.2 Å². The normalized spacial score (nSPS) is 20.6. The van der Waals surface area contributed by atoms with Gasteiger partial charge in [0.25, 0.3) is 0 Å². The van der Waals surface area contributed by atoms with E-state index in [0.29, 0.717) is 31.0 Å². The number of nitriles is 1. The third kappa shape index (κ3) is 4.93. The molecule has 2 aromatic heterocycles. The number of nitrogens with one attached hydrogen (secondary N) is 1. The van der Waals surface area contributed by atoms with Gasteiger partial charge in [0.1, 0.15) is 12.2 Å². The van der Waals surface area contributed by atoms with Crippen molar-refractivity contribution in [1.82, 2.24) is 19.4 Å². The summed E-state index contributed by atoms with van der Waals surface area (Å²) < 4.78 is 2.08. The van der Waals surface area contributed by atoms with E-state index in [1.807, 2.05) is 18.3 Å². The topological polar surface area (TPSA) is 110 Å². The molecule has 1 aromatic carbocycles. The summed E-state index contributed by atoms with van der Waals surface area (Å²) in [5.41, 5.74) is 2.21. The molecule has 35 heavy (non-hydrogen) atoms. The van der Waals surface area contributed by atoms with E-state index in [-0.39, 0.29) is 18.9 Å².